The first-order chi connectivity index (χ1) is 9.25. The van der Waals surface area contributed by atoms with Gasteiger partial charge in [-0.3, -0.25) is 4.79 Å². The Hall–Kier alpha value is -0.650. The third kappa shape index (κ3) is 2.78. The highest BCUT2D eigenvalue weighted by Crippen LogP contribution is 2.37. The van der Waals surface area contributed by atoms with Gasteiger partial charge in [-0.2, -0.15) is 0 Å². The smallest absolute Gasteiger partial charge is 0.220 e. The van der Waals surface area contributed by atoms with Crippen LogP contribution < -0.4 is 11.1 Å². The topological polar surface area (TPSA) is 73.6 Å². The molecule has 1 aliphatic carbocycles. The van der Waals surface area contributed by atoms with Gasteiger partial charge in [-0.25, -0.2) is 0 Å². The first-order valence-electron chi connectivity index (χ1n) is 7.54. The van der Waals surface area contributed by atoms with Crippen molar-refractivity contribution in [2.45, 2.75) is 62.8 Å². The van der Waals surface area contributed by atoms with Crippen LogP contribution in [0.4, 0.5) is 0 Å². The normalized spacial score (nSPS) is 41.4. The van der Waals surface area contributed by atoms with E-state index in [2.05, 4.69) is 5.32 Å². The average Bonchev–Trinajstić information content (AvgIpc) is 2.95. The number of nitrogens with two attached hydrogens (primary N) is 1. The van der Waals surface area contributed by atoms with Crippen LogP contribution in [0.3, 0.4) is 0 Å². The summed E-state index contributed by atoms with van der Waals surface area (Å²) in [5, 5.41) is 3.04. The van der Waals surface area contributed by atoms with Crippen molar-refractivity contribution in [3.63, 3.8) is 0 Å². The number of fused-ring (bicyclic) bond motifs is 1. The molecule has 5 unspecified atom stereocenters. The SMILES string of the molecule is NC1C2CCCOC2C1NC(=O)CCC1CCCO1. The second kappa shape index (κ2) is 5.77. The molecule has 0 bridgehead atoms. The van der Waals surface area contributed by atoms with Crippen molar-refractivity contribution in [1.82, 2.24) is 5.32 Å². The molecule has 19 heavy (non-hydrogen) atoms. The zero-order valence-electron chi connectivity index (χ0n) is 11.3. The fourth-order valence-electron chi connectivity index (χ4n) is 3.55. The summed E-state index contributed by atoms with van der Waals surface area (Å²) in [6, 6.07) is 0.0827. The molecule has 3 fully saturated rings. The van der Waals surface area contributed by atoms with Crippen molar-refractivity contribution in [3.05, 3.63) is 0 Å². The van der Waals surface area contributed by atoms with Crippen molar-refractivity contribution < 1.29 is 14.3 Å². The van der Waals surface area contributed by atoms with Crippen LogP contribution in [0.2, 0.25) is 0 Å². The largest absolute Gasteiger partial charge is 0.378 e. The standard InChI is InChI=1S/C14H24N2O3/c15-12-10-4-2-8-19-14(10)13(12)16-11(17)6-5-9-3-1-7-18-9/h9-10,12-14H,1-8,15H2,(H,16,17). The van der Waals surface area contributed by atoms with Crippen LogP contribution in [0.25, 0.3) is 0 Å². The molecule has 1 saturated carbocycles. The van der Waals surface area contributed by atoms with Crippen molar-refractivity contribution in [3.8, 4) is 0 Å². The molecule has 108 valence electrons. The van der Waals surface area contributed by atoms with Crippen molar-refractivity contribution >= 4 is 5.91 Å². The molecule has 0 aromatic heterocycles. The van der Waals surface area contributed by atoms with E-state index in [4.69, 9.17) is 15.2 Å². The quantitative estimate of drug-likeness (QED) is 0.781. The monoisotopic (exact) mass is 268 g/mol. The van der Waals surface area contributed by atoms with Gasteiger partial charge in [-0.15, -0.1) is 0 Å². The van der Waals surface area contributed by atoms with Crippen LogP contribution in [0.1, 0.15) is 38.5 Å². The lowest BCUT2D eigenvalue weighted by molar-refractivity contribution is -0.139. The Bertz CT molecular complexity index is 331. The van der Waals surface area contributed by atoms with Crippen LogP contribution in [-0.4, -0.2) is 43.4 Å². The first kappa shape index (κ1) is 13.3. The van der Waals surface area contributed by atoms with Crippen LogP contribution in [0.15, 0.2) is 0 Å². The summed E-state index contributed by atoms with van der Waals surface area (Å²) in [7, 11) is 0. The van der Waals surface area contributed by atoms with Gasteiger partial charge < -0.3 is 20.5 Å². The van der Waals surface area contributed by atoms with E-state index >= 15 is 0 Å². The lowest BCUT2D eigenvalue weighted by atomic mass is 9.68. The van der Waals surface area contributed by atoms with E-state index in [0.717, 1.165) is 45.3 Å². The van der Waals surface area contributed by atoms with Gasteiger partial charge >= 0.3 is 0 Å². The molecule has 3 N–H and O–H groups in total. The Morgan fingerprint density at radius 3 is 2.79 bits per heavy atom. The summed E-state index contributed by atoms with van der Waals surface area (Å²) in [6.45, 7) is 1.65. The molecule has 3 rings (SSSR count). The molecule has 2 heterocycles. The molecule has 0 aromatic rings. The van der Waals surface area contributed by atoms with Gasteiger partial charge in [0, 0.05) is 31.6 Å². The maximum atomic E-state index is 11.9. The molecule has 0 radical (unpaired) electrons. The van der Waals surface area contributed by atoms with E-state index < -0.39 is 0 Å². The minimum absolute atomic E-state index is 0.0160. The summed E-state index contributed by atoms with van der Waals surface area (Å²) in [6.07, 6.45) is 6.22. The molecule has 5 heteroatoms. The minimum Gasteiger partial charge on any atom is -0.378 e. The summed E-state index contributed by atoms with van der Waals surface area (Å²) < 4.78 is 11.2. The first-order valence-corrected chi connectivity index (χ1v) is 7.54. The van der Waals surface area contributed by atoms with Crippen molar-refractivity contribution in [2.75, 3.05) is 13.2 Å². The Labute approximate surface area is 114 Å². The van der Waals surface area contributed by atoms with Gasteiger partial charge in [0.15, 0.2) is 0 Å². The number of carbonyl (C=O) groups excluding carboxylic acids is 1. The minimum atomic E-state index is 0.0160. The van der Waals surface area contributed by atoms with E-state index in [1.807, 2.05) is 0 Å². The number of hydrogen-bond acceptors (Lipinski definition) is 4. The van der Waals surface area contributed by atoms with Gasteiger partial charge in [-0.05, 0) is 32.1 Å². The average molecular weight is 268 g/mol. The maximum Gasteiger partial charge on any atom is 0.220 e. The number of amides is 1. The van der Waals surface area contributed by atoms with E-state index in [1.54, 1.807) is 0 Å². The van der Waals surface area contributed by atoms with Gasteiger partial charge in [0.2, 0.25) is 5.91 Å². The third-order valence-electron chi connectivity index (χ3n) is 4.72. The molecule has 2 aliphatic heterocycles. The molecule has 3 aliphatic rings. The number of ether oxygens (including phenoxy) is 2. The Kier molecular flexibility index (Phi) is 4.05. The number of hydrogen-bond donors (Lipinski definition) is 2. The fourth-order valence-corrected chi connectivity index (χ4v) is 3.55. The molecular formula is C14H24N2O3. The Morgan fingerprint density at radius 1 is 1.21 bits per heavy atom. The predicted octanol–water partition coefficient (Wildman–Crippen LogP) is 0.566. The molecule has 0 aromatic carbocycles. The van der Waals surface area contributed by atoms with E-state index in [-0.39, 0.29) is 30.2 Å². The highest BCUT2D eigenvalue weighted by Gasteiger charge is 2.50. The Balaban J connectivity index is 1.41. The molecule has 5 atom stereocenters. The number of nitrogens with one attached hydrogen (secondary N) is 1. The molecule has 1 amide bonds. The van der Waals surface area contributed by atoms with Crippen LogP contribution >= 0.6 is 0 Å². The number of rotatable bonds is 4. The van der Waals surface area contributed by atoms with Crippen LogP contribution in [-0.2, 0) is 14.3 Å². The summed E-state index contributed by atoms with van der Waals surface area (Å²) in [4.78, 5) is 11.9. The lowest BCUT2D eigenvalue weighted by Crippen LogP contribution is -2.72. The summed E-state index contributed by atoms with van der Waals surface area (Å²) in [5.41, 5.74) is 6.12. The summed E-state index contributed by atoms with van der Waals surface area (Å²) >= 11 is 0. The highest BCUT2D eigenvalue weighted by atomic mass is 16.5. The zero-order valence-corrected chi connectivity index (χ0v) is 11.3. The third-order valence-corrected chi connectivity index (χ3v) is 4.72. The van der Waals surface area contributed by atoms with Crippen LogP contribution in [0, 0.1) is 5.92 Å². The maximum absolute atomic E-state index is 11.9. The van der Waals surface area contributed by atoms with Gasteiger partial charge in [0.25, 0.3) is 0 Å². The molecule has 2 saturated heterocycles. The van der Waals surface area contributed by atoms with Gasteiger partial charge in [-0.1, -0.05) is 0 Å². The van der Waals surface area contributed by atoms with Gasteiger partial charge in [0.05, 0.1) is 18.2 Å². The second-order valence-electron chi connectivity index (χ2n) is 5.99. The van der Waals surface area contributed by atoms with E-state index in [1.165, 1.54) is 0 Å². The van der Waals surface area contributed by atoms with E-state index in [0.29, 0.717) is 12.3 Å². The van der Waals surface area contributed by atoms with Crippen molar-refractivity contribution in [2.24, 2.45) is 11.7 Å². The fraction of sp³-hybridized carbons (Fsp3) is 0.929. The highest BCUT2D eigenvalue weighted by molar-refractivity contribution is 5.76. The van der Waals surface area contributed by atoms with E-state index in [9.17, 15) is 4.79 Å². The van der Waals surface area contributed by atoms with Crippen molar-refractivity contribution in [1.29, 1.82) is 0 Å². The zero-order chi connectivity index (χ0) is 13.2. The predicted molar refractivity (Wildman–Crippen MR) is 70.6 cm³/mol. The van der Waals surface area contributed by atoms with Gasteiger partial charge in [0.1, 0.15) is 0 Å². The summed E-state index contributed by atoms with van der Waals surface area (Å²) in [5.74, 6) is 0.529. The molecule has 5 nitrogen and oxygen atoms in total. The molecular weight excluding hydrogens is 244 g/mol. The lowest BCUT2D eigenvalue weighted by Gasteiger charge is -2.52. The molecule has 0 spiro atoms. The number of carbonyl (C=O) groups is 1. The van der Waals surface area contributed by atoms with Crippen LogP contribution in [0.5, 0.6) is 0 Å². The second-order valence-corrected chi connectivity index (χ2v) is 5.99. The Morgan fingerprint density at radius 2 is 2.00 bits per heavy atom.